The fraction of sp³-hybridized carbons (Fsp3) is 0.500. The first-order chi connectivity index (χ1) is 14.9. The maximum absolute atomic E-state index is 13.1. The van der Waals surface area contributed by atoms with E-state index in [0.29, 0.717) is 23.7 Å². The minimum Gasteiger partial charge on any atom is -0.341 e. The van der Waals surface area contributed by atoms with E-state index in [1.165, 1.54) is 12.1 Å². The minimum atomic E-state index is -0.723. The summed E-state index contributed by atoms with van der Waals surface area (Å²) in [7, 11) is 0. The van der Waals surface area contributed by atoms with Crippen molar-refractivity contribution in [3.05, 3.63) is 27.2 Å². The van der Waals surface area contributed by atoms with Gasteiger partial charge in [0.2, 0.25) is 17.8 Å². The van der Waals surface area contributed by atoms with Gasteiger partial charge in [0.05, 0.1) is 27.3 Å². The molecule has 31 heavy (non-hydrogen) atoms. The van der Waals surface area contributed by atoms with Crippen LogP contribution in [0.15, 0.2) is 17.1 Å². The second kappa shape index (κ2) is 10.9. The Labute approximate surface area is 196 Å². The number of rotatable bonds is 4. The Kier molecular flexibility index (Phi) is 8.24. The second-order valence-electron chi connectivity index (χ2n) is 7.44. The van der Waals surface area contributed by atoms with Crippen molar-refractivity contribution in [3.8, 4) is 6.19 Å². The van der Waals surface area contributed by atoms with Gasteiger partial charge in [-0.2, -0.15) is 5.26 Å². The number of aliphatic imine (C=N–C) groups is 1. The van der Waals surface area contributed by atoms with Crippen LogP contribution in [0.3, 0.4) is 0 Å². The van der Waals surface area contributed by atoms with E-state index in [1.54, 1.807) is 16.0 Å². The third kappa shape index (κ3) is 6.16. The number of nitrogens with one attached hydrogen (secondary N) is 2. The Hall–Kier alpha value is -2.21. The minimum absolute atomic E-state index is 0.0356. The van der Waals surface area contributed by atoms with E-state index in [2.05, 4.69) is 15.6 Å². The summed E-state index contributed by atoms with van der Waals surface area (Å²) in [4.78, 5) is 33.4. The molecule has 11 heteroatoms. The summed E-state index contributed by atoms with van der Waals surface area (Å²) in [6.45, 7) is 2.05. The van der Waals surface area contributed by atoms with Crippen molar-refractivity contribution in [2.24, 2.45) is 4.99 Å². The number of hydrogen-bond donors (Lipinski definition) is 2. The van der Waals surface area contributed by atoms with E-state index in [9.17, 15) is 9.59 Å². The maximum Gasteiger partial charge on any atom is 0.247 e. The molecule has 0 aromatic heterocycles. The molecule has 0 radical (unpaired) electrons. The summed E-state index contributed by atoms with van der Waals surface area (Å²) in [6.07, 6.45) is 5.88. The summed E-state index contributed by atoms with van der Waals surface area (Å²) < 4.78 is 0. The molecule has 2 saturated heterocycles. The summed E-state index contributed by atoms with van der Waals surface area (Å²) in [5.41, 5.74) is 0.389. The molecular formula is C20H23Cl3N6O2. The first-order valence-corrected chi connectivity index (χ1v) is 11.2. The molecule has 2 fully saturated rings. The summed E-state index contributed by atoms with van der Waals surface area (Å²) in [5.74, 6) is -0.204. The lowest BCUT2D eigenvalue weighted by Crippen LogP contribution is -2.45. The SMILES string of the molecule is N#CNC(=N[C@H]1CCCCN(CC(=O)N2CCCC2)C1=O)Nc1cc(Cl)c(Cl)cc1Cl. The van der Waals surface area contributed by atoms with E-state index >= 15 is 0 Å². The monoisotopic (exact) mass is 484 g/mol. The Morgan fingerprint density at radius 3 is 2.48 bits per heavy atom. The van der Waals surface area contributed by atoms with Gasteiger partial charge in [0, 0.05) is 19.6 Å². The maximum atomic E-state index is 13.1. The number of hydrogen-bond acceptors (Lipinski definition) is 4. The van der Waals surface area contributed by atoms with Crippen molar-refractivity contribution in [1.29, 1.82) is 5.26 Å². The van der Waals surface area contributed by atoms with Crippen LogP contribution in [-0.2, 0) is 9.59 Å². The predicted octanol–water partition coefficient (Wildman–Crippen LogP) is 3.49. The molecule has 2 amide bonds. The summed E-state index contributed by atoms with van der Waals surface area (Å²) in [6, 6.07) is 2.26. The quantitative estimate of drug-likeness (QED) is 0.223. The smallest absolute Gasteiger partial charge is 0.247 e. The van der Waals surface area contributed by atoms with Gasteiger partial charge in [-0.3, -0.25) is 14.9 Å². The van der Waals surface area contributed by atoms with Gasteiger partial charge >= 0.3 is 0 Å². The highest BCUT2D eigenvalue weighted by Crippen LogP contribution is 2.32. The average Bonchev–Trinajstić information content (AvgIpc) is 3.22. The van der Waals surface area contributed by atoms with Gasteiger partial charge in [0.25, 0.3) is 0 Å². The van der Waals surface area contributed by atoms with Gasteiger partial charge < -0.3 is 15.1 Å². The van der Waals surface area contributed by atoms with Crippen LogP contribution in [0, 0.1) is 11.5 Å². The molecule has 0 unspecified atom stereocenters. The fourth-order valence-corrected chi connectivity index (χ4v) is 4.24. The predicted molar refractivity (Wildman–Crippen MR) is 121 cm³/mol. The third-order valence-corrected chi connectivity index (χ3v) is 6.29. The van der Waals surface area contributed by atoms with Crippen molar-refractivity contribution in [2.45, 2.75) is 38.1 Å². The number of nitriles is 1. The van der Waals surface area contributed by atoms with E-state index in [4.69, 9.17) is 40.1 Å². The van der Waals surface area contributed by atoms with Crippen LogP contribution < -0.4 is 10.6 Å². The van der Waals surface area contributed by atoms with E-state index in [1.807, 2.05) is 0 Å². The van der Waals surface area contributed by atoms with Crippen molar-refractivity contribution < 1.29 is 9.59 Å². The molecule has 1 atom stereocenters. The molecule has 2 N–H and O–H groups in total. The highest BCUT2D eigenvalue weighted by molar-refractivity contribution is 6.44. The first kappa shape index (κ1) is 23.5. The molecular weight excluding hydrogens is 463 g/mol. The highest BCUT2D eigenvalue weighted by Gasteiger charge is 2.30. The lowest BCUT2D eigenvalue weighted by Gasteiger charge is -2.25. The van der Waals surface area contributed by atoms with Gasteiger partial charge in [0.15, 0.2) is 6.19 Å². The number of nitrogens with zero attached hydrogens (tertiary/aromatic N) is 4. The Balaban J connectivity index is 1.76. The molecule has 0 saturated carbocycles. The molecule has 2 aliphatic rings. The lowest BCUT2D eigenvalue weighted by atomic mass is 10.1. The van der Waals surface area contributed by atoms with E-state index in [0.717, 1.165) is 38.8 Å². The standard InChI is InChI=1S/C20H23Cl3N6O2/c21-13-9-15(23)17(10-14(13)22)27-20(25-12-24)26-16-5-1-2-8-29(19(16)31)11-18(30)28-6-3-4-7-28/h9-10,16H,1-8,11H2,(H2,25,26,27)/t16-/m0/s1. The van der Waals surface area contributed by atoms with Crippen LogP contribution in [0.2, 0.25) is 15.1 Å². The third-order valence-electron chi connectivity index (χ3n) is 5.26. The Morgan fingerprint density at radius 2 is 1.77 bits per heavy atom. The number of amides is 2. The Bertz CT molecular complexity index is 911. The fourth-order valence-electron chi connectivity index (χ4n) is 3.64. The zero-order valence-corrected chi connectivity index (χ0v) is 19.1. The molecule has 1 aromatic carbocycles. The molecule has 8 nitrogen and oxygen atoms in total. The van der Waals surface area contributed by atoms with Gasteiger partial charge in [-0.1, -0.05) is 34.8 Å². The van der Waals surface area contributed by atoms with Gasteiger partial charge in [-0.15, -0.1) is 0 Å². The zero-order chi connectivity index (χ0) is 22.4. The number of guanidine groups is 1. The number of benzene rings is 1. The number of likely N-dealkylation sites (tertiary alicyclic amines) is 2. The number of carbonyl (C=O) groups is 2. The number of halogens is 3. The molecule has 2 heterocycles. The van der Waals surface area contributed by atoms with Crippen LogP contribution in [-0.4, -0.2) is 59.8 Å². The van der Waals surface area contributed by atoms with Gasteiger partial charge in [0.1, 0.15) is 6.04 Å². The zero-order valence-electron chi connectivity index (χ0n) is 16.8. The topological polar surface area (TPSA) is 101 Å². The van der Waals surface area contributed by atoms with Crippen molar-refractivity contribution in [3.63, 3.8) is 0 Å². The van der Waals surface area contributed by atoms with Crippen LogP contribution >= 0.6 is 34.8 Å². The molecule has 1 aromatic rings. The first-order valence-electron chi connectivity index (χ1n) is 10.1. The van der Waals surface area contributed by atoms with E-state index in [-0.39, 0.29) is 34.4 Å². The van der Waals surface area contributed by atoms with Crippen LogP contribution in [0.1, 0.15) is 32.1 Å². The van der Waals surface area contributed by atoms with Crippen LogP contribution in [0.5, 0.6) is 0 Å². The average molecular weight is 486 g/mol. The van der Waals surface area contributed by atoms with Crippen LogP contribution in [0.4, 0.5) is 5.69 Å². The summed E-state index contributed by atoms with van der Waals surface area (Å²) in [5, 5.41) is 15.3. The molecule has 0 aliphatic carbocycles. The second-order valence-corrected chi connectivity index (χ2v) is 8.67. The normalized spacial score (nSPS) is 19.7. The van der Waals surface area contributed by atoms with Gasteiger partial charge in [-0.05, 0) is 44.2 Å². The van der Waals surface area contributed by atoms with Crippen molar-refractivity contribution >= 4 is 58.3 Å². The molecule has 3 rings (SSSR count). The number of anilines is 1. The Morgan fingerprint density at radius 1 is 1.10 bits per heavy atom. The largest absolute Gasteiger partial charge is 0.341 e. The lowest BCUT2D eigenvalue weighted by molar-refractivity contribution is -0.140. The van der Waals surface area contributed by atoms with Crippen molar-refractivity contribution in [1.82, 2.24) is 15.1 Å². The van der Waals surface area contributed by atoms with Crippen molar-refractivity contribution in [2.75, 3.05) is 31.5 Å². The van der Waals surface area contributed by atoms with E-state index < -0.39 is 6.04 Å². The number of carbonyl (C=O) groups excluding carboxylic acids is 2. The molecule has 2 aliphatic heterocycles. The summed E-state index contributed by atoms with van der Waals surface area (Å²) >= 11 is 18.2. The highest BCUT2D eigenvalue weighted by atomic mass is 35.5. The molecule has 166 valence electrons. The molecule has 0 bridgehead atoms. The van der Waals surface area contributed by atoms with Gasteiger partial charge in [-0.25, -0.2) is 4.99 Å². The van der Waals surface area contributed by atoms with Crippen LogP contribution in [0.25, 0.3) is 0 Å². The molecule has 0 spiro atoms.